The Labute approximate surface area is 123 Å². The fourth-order valence-corrected chi connectivity index (χ4v) is 2.21. The summed E-state index contributed by atoms with van der Waals surface area (Å²) in [5, 5.41) is 8.25. The molecule has 108 valence electrons. The Morgan fingerprint density at radius 3 is 2.60 bits per heavy atom. The van der Waals surface area contributed by atoms with Gasteiger partial charge in [-0.05, 0) is 34.1 Å². The third-order valence-electron chi connectivity index (χ3n) is 1.97. The van der Waals surface area contributed by atoms with Crippen molar-refractivity contribution in [1.29, 1.82) is 0 Å². The maximum absolute atomic E-state index is 12.1. The quantitative estimate of drug-likeness (QED) is 0.894. The number of anilines is 1. The summed E-state index contributed by atoms with van der Waals surface area (Å²) in [6.45, 7) is 0.126. The highest BCUT2D eigenvalue weighted by molar-refractivity contribution is 9.10. The van der Waals surface area contributed by atoms with Crippen LogP contribution in [-0.4, -0.2) is 16.6 Å². The SMILES string of the molecule is Nc1nnc(COc2ccc(OC(F)(F)F)c(Br)c2)s1. The van der Waals surface area contributed by atoms with Gasteiger partial charge in [-0.25, -0.2) is 0 Å². The Bertz CT molecular complexity index is 606. The van der Waals surface area contributed by atoms with E-state index in [1.54, 1.807) is 0 Å². The van der Waals surface area contributed by atoms with Crippen molar-refractivity contribution in [2.75, 3.05) is 5.73 Å². The topological polar surface area (TPSA) is 70.3 Å². The average molecular weight is 370 g/mol. The van der Waals surface area contributed by atoms with Crippen LogP contribution >= 0.6 is 27.3 Å². The molecular weight excluding hydrogens is 363 g/mol. The first-order chi connectivity index (χ1) is 9.33. The predicted octanol–water partition coefficient (Wildman–Crippen LogP) is 3.36. The lowest BCUT2D eigenvalue weighted by molar-refractivity contribution is -0.274. The lowest BCUT2D eigenvalue weighted by Crippen LogP contribution is -2.17. The van der Waals surface area contributed by atoms with Crippen LogP contribution in [0.5, 0.6) is 11.5 Å². The van der Waals surface area contributed by atoms with Crippen LogP contribution in [0.25, 0.3) is 0 Å². The average Bonchev–Trinajstić information content (AvgIpc) is 2.74. The maximum atomic E-state index is 12.1. The summed E-state index contributed by atoms with van der Waals surface area (Å²) in [5.41, 5.74) is 5.41. The Hall–Kier alpha value is -1.55. The Kier molecular flexibility index (Phi) is 4.33. The minimum atomic E-state index is -4.74. The van der Waals surface area contributed by atoms with E-state index < -0.39 is 6.36 Å². The zero-order chi connectivity index (χ0) is 14.8. The van der Waals surface area contributed by atoms with E-state index in [9.17, 15) is 13.2 Å². The zero-order valence-electron chi connectivity index (χ0n) is 9.65. The standard InChI is InChI=1S/C10H7BrF3N3O2S/c11-6-3-5(1-2-7(6)19-10(12,13)14)18-4-8-16-17-9(15)20-8/h1-3H,4H2,(H2,15,17). The van der Waals surface area contributed by atoms with Gasteiger partial charge in [-0.3, -0.25) is 0 Å². The summed E-state index contributed by atoms with van der Waals surface area (Å²) in [4.78, 5) is 0. The van der Waals surface area contributed by atoms with Crippen LogP contribution in [0.4, 0.5) is 18.3 Å². The Balaban J connectivity index is 2.01. The minimum Gasteiger partial charge on any atom is -0.486 e. The molecule has 0 fully saturated rings. The number of benzene rings is 1. The molecule has 0 aliphatic carbocycles. The summed E-state index contributed by atoms with van der Waals surface area (Å²) in [7, 11) is 0. The molecular formula is C10H7BrF3N3O2S. The predicted molar refractivity (Wildman–Crippen MR) is 69.5 cm³/mol. The summed E-state index contributed by atoms with van der Waals surface area (Å²) in [6.07, 6.45) is -4.74. The lowest BCUT2D eigenvalue weighted by atomic mass is 10.3. The third-order valence-corrected chi connectivity index (χ3v) is 3.32. The van der Waals surface area contributed by atoms with Crippen LogP contribution < -0.4 is 15.2 Å². The van der Waals surface area contributed by atoms with Crippen molar-refractivity contribution in [3.8, 4) is 11.5 Å². The van der Waals surface area contributed by atoms with E-state index in [0.29, 0.717) is 15.9 Å². The first-order valence-corrected chi connectivity index (χ1v) is 6.70. The second kappa shape index (κ2) is 5.83. The monoisotopic (exact) mass is 369 g/mol. The number of alkyl halides is 3. The summed E-state index contributed by atoms with van der Waals surface area (Å²) >= 11 is 4.15. The van der Waals surface area contributed by atoms with Gasteiger partial charge in [0, 0.05) is 0 Å². The summed E-state index contributed by atoms with van der Waals surface area (Å²) in [6, 6.07) is 3.88. The third kappa shape index (κ3) is 4.23. The molecule has 0 saturated carbocycles. The van der Waals surface area contributed by atoms with E-state index >= 15 is 0 Å². The molecule has 5 nitrogen and oxygen atoms in total. The second-order valence-electron chi connectivity index (χ2n) is 3.46. The number of hydrogen-bond donors (Lipinski definition) is 1. The highest BCUT2D eigenvalue weighted by Crippen LogP contribution is 2.33. The van der Waals surface area contributed by atoms with Crippen molar-refractivity contribution in [2.24, 2.45) is 0 Å². The van der Waals surface area contributed by atoms with Gasteiger partial charge in [0.15, 0.2) is 5.01 Å². The molecule has 2 rings (SSSR count). The number of ether oxygens (including phenoxy) is 2. The maximum Gasteiger partial charge on any atom is 0.573 e. The molecule has 0 aliphatic heterocycles. The van der Waals surface area contributed by atoms with Crippen LogP contribution in [0.15, 0.2) is 22.7 Å². The van der Waals surface area contributed by atoms with Crippen LogP contribution in [0.2, 0.25) is 0 Å². The van der Waals surface area contributed by atoms with Gasteiger partial charge in [-0.1, -0.05) is 11.3 Å². The second-order valence-corrected chi connectivity index (χ2v) is 5.41. The van der Waals surface area contributed by atoms with Crippen molar-refractivity contribution < 1.29 is 22.6 Å². The zero-order valence-corrected chi connectivity index (χ0v) is 12.1. The fourth-order valence-electron chi connectivity index (χ4n) is 1.25. The molecule has 2 aromatic rings. The van der Waals surface area contributed by atoms with E-state index in [0.717, 1.165) is 6.07 Å². The molecule has 0 amide bonds. The van der Waals surface area contributed by atoms with E-state index in [1.807, 2.05) is 0 Å². The molecule has 0 aliphatic rings. The van der Waals surface area contributed by atoms with Crippen molar-refractivity contribution >= 4 is 32.4 Å². The summed E-state index contributed by atoms with van der Waals surface area (Å²) < 4.78 is 45.6. The van der Waals surface area contributed by atoms with Gasteiger partial charge in [-0.15, -0.1) is 23.4 Å². The van der Waals surface area contributed by atoms with Crippen LogP contribution in [0.1, 0.15) is 5.01 Å². The number of hydrogen-bond acceptors (Lipinski definition) is 6. The molecule has 1 heterocycles. The number of halogens is 4. The van der Waals surface area contributed by atoms with Crippen LogP contribution in [-0.2, 0) is 6.61 Å². The van der Waals surface area contributed by atoms with Gasteiger partial charge in [0.05, 0.1) is 4.47 Å². The molecule has 0 unspecified atom stereocenters. The first kappa shape index (κ1) is 14.9. The van der Waals surface area contributed by atoms with E-state index in [-0.39, 0.29) is 16.8 Å². The van der Waals surface area contributed by atoms with Gasteiger partial charge < -0.3 is 15.2 Å². The van der Waals surface area contributed by atoms with Crippen molar-refractivity contribution in [3.05, 3.63) is 27.7 Å². The lowest BCUT2D eigenvalue weighted by Gasteiger charge is -2.11. The van der Waals surface area contributed by atoms with Gasteiger partial charge >= 0.3 is 6.36 Å². The Morgan fingerprint density at radius 1 is 1.30 bits per heavy atom. The normalized spacial score (nSPS) is 11.4. The first-order valence-electron chi connectivity index (χ1n) is 5.09. The Morgan fingerprint density at radius 2 is 2.05 bits per heavy atom. The largest absolute Gasteiger partial charge is 0.573 e. The highest BCUT2D eigenvalue weighted by Gasteiger charge is 2.31. The molecule has 10 heteroatoms. The van der Waals surface area contributed by atoms with Gasteiger partial charge in [0.1, 0.15) is 18.1 Å². The highest BCUT2D eigenvalue weighted by atomic mass is 79.9. The molecule has 0 bridgehead atoms. The van der Waals surface area contributed by atoms with Crippen LogP contribution in [0.3, 0.4) is 0 Å². The molecule has 1 aromatic heterocycles. The van der Waals surface area contributed by atoms with Gasteiger partial charge in [-0.2, -0.15) is 0 Å². The van der Waals surface area contributed by atoms with Gasteiger partial charge in [0.25, 0.3) is 0 Å². The van der Waals surface area contributed by atoms with Crippen molar-refractivity contribution in [1.82, 2.24) is 10.2 Å². The molecule has 0 radical (unpaired) electrons. The van der Waals surface area contributed by atoms with E-state index in [1.165, 1.54) is 23.5 Å². The van der Waals surface area contributed by atoms with E-state index in [2.05, 4.69) is 30.9 Å². The fraction of sp³-hybridized carbons (Fsp3) is 0.200. The smallest absolute Gasteiger partial charge is 0.486 e. The minimum absolute atomic E-state index is 0.126. The molecule has 0 spiro atoms. The number of nitrogen functional groups attached to an aromatic ring is 1. The van der Waals surface area contributed by atoms with Crippen molar-refractivity contribution in [3.63, 3.8) is 0 Å². The number of nitrogens with two attached hydrogens (primary N) is 1. The molecule has 0 atom stereocenters. The van der Waals surface area contributed by atoms with Crippen LogP contribution in [0, 0.1) is 0 Å². The molecule has 0 saturated heterocycles. The van der Waals surface area contributed by atoms with E-state index in [4.69, 9.17) is 10.5 Å². The number of rotatable bonds is 4. The summed E-state index contributed by atoms with van der Waals surface area (Å²) in [5.74, 6) is 0.0187. The number of aromatic nitrogens is 2. The molecule has 2 N–H and O–H groups in total. The van der Waals surface area contributed by atoms with Gasteiger partial charge in [0.2, 0.25) is 5.13 Å². The molecule has 1 aromatic carbocycles. The molecule has 20 heavy (non-hydrogen) atoms. The van der Waals surface area contributed by atoms with Crippen molar-refractivity contribution in [2.45, 2.75) is 13.0 Å². The number of nitrogens with zero attached hydrogens (tertiary/aromatic N) is 2.